The van der Waals surface area contributed by atoms with E-state index in [-0.39, 0.29) is 35.9 Å². The minimum atomic E-state index is -0.269. The molecule has 0 saturated carbocycles. The summed E-state index contributed by atoms with van der Waals surface area (Å²) in [5, 5.41) is 2.39. The van der Waals surface area contributed by atoms with Crippen LogP contribution in [0.1, 0.15) is 10.4 Å². The molecule has 8 heteroatoms. The number of nitrogens with zero attached hydrogens (tertiary/aromatic N) is 2. The number of aromatic nitrogens is 1. The molecule has 0 bridgehead atoms. The highest BCUT2D eigenvalue weighted by Crippen LogP contribution is 2.17. The van der Waals surface area contributed by atoms with Crippen LogP contribution in [0.3, 0.4) is 0 Å². The Morgan fingerprint density at radius 3 is 2.95 bits per heavy atom. The normalized spacial score (nSPS) is 14.9. The lowest BCUT2D eigenvalue weighted by atomic mass is 10.2. The third-order valence-corrected chi connectivity index (χ3v) is 3.74. The summed E-state index contributed by atoms with van der Waals surface area (Å²) in [5.41, 5.74) is 0.468. The predicted octanol–water partition coefficient (Wildman–Crippen LogP) is 1.27. The van der Waals surface area contributed by atoms with Gasteiger partial charge < -0.3 is 5.32 Å². The van der Waals surface area contributed by atoms with Gasteiger partial charge >= 0.3 is 0 Å². The Morgan fingerprint density at radius 2 is 2.32 bits per heavy atom. The number of nitrogens with one attached hydrogen (secondary N) is 1. The minimum Gasteiger partial charge on any atom is -0.350 e. The van der Waals surface area contributed by atoms with Crippen LogP contribution in [0.2, 0.25) is 0 Å². The first-order valence-electron chi connectivity index (χ1n) is 5.45. The number of amides is 3. The van der Waals surface area contributed by atoms with Gasteiger partial charge in [0.15, 0.2) is 0 Å². The lowest BCUT2D eigenvalue weighted by Gasteiger charge is -2.13. The number of carbonyl (C=O) groups is 3. The van der Waals surface area contributed by atoms with E-state index in [1.165, 1.54) is 6.20 Å². The van der Waals surface area contributed by atoms with Crippen LogP contribution >= 0.6 is 27.7 Å². The van der Waals surface area contributed by atoms with Crippen LogP contribution in [0, 0.1) is 0 Å². The maximum Gasteiger partial charge on any atom is 0.288 e. The molecule has 2 heterocycles. The van der Waals surface area contributed by atoms with E-state index >= 15 is 0 Å². The van der Waals surface area contributed by atoms with Crippen molar-refractivity contribution in [3.8, 4) is 0 Å². The van der Waals surface area contributed by atoms with Crippen LogP contribution in [0.4, 0.5) is 4.79 Å². The zero-order valence-electron chi connectivity index (χ0n) is 9.76. The molecule has 0 atom stereocenters. The SMILES string of the molecule is O=C(NCCN1C(=O)CSC1=O)c1ccnc(Br)c1. The Labute approximate surface area is 122 Å². The summed E-state index contributed by atoms with van der Waals surface area (Å²) in [5.74, 6) is -0.296. The monoisotopic (exact) mass is 343 g/mol. The van der Waals surface area contributed by atoms with Crippen molar-refractivity contribution in [3.05, 3.63) is 28.5 Å². The van der Waals surface area contributed by atoms with Crippen LogP contribution in [0.15, 0.2) is 22.9 Å². The molecule has 1 aliphatic heterocycles. The Bertz CT molecular complexity index is 522. The fourth-order valence-corrected chi connectivity index (χ4v) is 2.64. The Kier molecular flexibility index (Phi) is 4.54. The first-order chi connectivity index (χ1) is 9.08. The van der Waals surface area contributed by atoms with Gasteiger partial charge in [0.25, 0.3) is 11.1 Å². The molecule has 3 amide bonds. The van der Waals surface area contributed by atoms with Crippen LogP contribution in [-0.2, 0) is 4.79 Å². The predicted molar refractivity (Wildman–Crippen MR) is 73.8 cm³/mol. The third-order valence-electron chi connectivity index (χ3n) is 2.45. The number of pyridine rings is 1. The van der Waals surface area contributed by atoms with Gasteiger partial charge in [-0.3, -0.25) is 19.3 Å². The number of imide groups is 1. The second kappa shape index (κ2) is 6.16. The van der Waals surface area contributed by atoms with Crippen molar-refractivity contribution in [1.82, 2.24) is 15.2 Å². The molecule has 0 radical (unpaired) electrons. The maximum absolute atomic E-state index is 11.8. The van der Waals surface area contributed by atoms with E-state index in [4.69, 9.17) is 0 Å². The van der Waals surface area contributed by atoms with Crippen LogP contribution in [-0.4, -0.2) is 45.8 Å². The molecule has 1 aliphatic rings. The molecular weight excluding hydrogens is 334 g/mol. The fourth-order valence-electron chi connectivity index (χ4n) is 1.52. The molecule has 100 valence electrons. The second-order valence-electron chi connectivity index (χ2n) is 3.72. The third kappa shape index (κ3) is 3.54. The van der Waals surface area contributed by atoms with Gasteiger partial charge in [-0.25, -0.2) is 4.98 Å². The van der Waals surface area contributed by atoms with Crippen LogP contribution in [0.5, 0.6) is 0 Å². The van der Waals surface area contributed by atoms with E-state index in [1.54, 1.807) is 12.1 Å². The standard InChI is InChI=1S/C11H10BrN3O3S/c12-8-5-7(1-2-13-8)10(17)14-3-4-15-9(16)6-19-11(15)18/h1-2,5H,3-4,6H2,(H,14,17). The molecule has 0 aliphatic carbocycles. The zero-order valence-corrected chi connectivity index (χ0v) is 12.2. The zero-order chi connectivity index (χ0) is 13.8. The molecule has 2 rings (SSSR count). The summed E-state index contributed by atoms with van der Waals surface area (Å²) in [7, 11) is 0. The van der Waals surface area contributed by atoms with E-state index < -0.39 is 0 Å². The van der Waals surface area contributed by atoms with Gasteiger partial charge in [0.1, 0.15) is 4.60 Å². The Balaban J connectivity index is 1.84. The number of hydrogen-bond donors (Lipinski definition) is 1. The smallest absolute Gasteiger partial charge is 0.288 e. The number of thioether (sulfide) groups is 1. The topological polar surface area (TPSA) is 79.4 Å². The second-order valence-corrected chi connectivity index (χ2v) is 5.46. The molecule has 1 N–H and O–H groups in total. The molecular formula is C11H10BrN3O3S. The van der Waals surface area contributed by atoms with Crippen LogP contribution < -0.4 is 5.32 Å². The number of carbonyl (C=O) groups excluding carboxylic acids is 3. The van der Waals surface area contributed by atoms with Gasteiger partial charge in [-0.2, -0.15) is 0 Å². The summed E-state index contributed by atoms with van der Waals surface area (Å²) in [6.45, 7) is 0.430. The molecule has 6 nitrogen and oxygen atoms in total. The quantitative estimate of drug-likeness (QED) is 0.832. The Hall–Kier alpha value is -1.41. The maximum atomic E-state index is 11.8. The van der Waals surface area contributed by atoms with Gasteiger partial charge in [0.05, 0.1) is 5.75 Å². The summed E-state index contributed by atoms with van der Waals surface area (Å²) >= 11 is 4.16. The van der Waals surface area contributed by atoms with Gasteiger partial charge in [0.2, 0.25) is 5.91 Å². The lowest BCUT2D eigenvalue weighted by Crippen LogP contribution is -2.37. The van der Waals surface area contributed by atoms with Crippen molar-refractivity contribution in [2.45, 2.75) is 0 Å². The highest BCUT2D eigenvalue weighted by molar-refractivity contribution is 9.10. The average molecular weight is 344 g/mol. The van der Waals surface area contributed by atoms with Gasteiger partial charge in [0, 0.05) is 24.8 Å². The van der Waals surface area contributed by atoms with Crippen molar-refractivity contribution in [3.63, 3.8) is 0 Å². The average Bonchev–Trinajstić information content (AvgIpc) is 2.70. The highest BCUT2D eigenvalue weighted by atomic mass is 79.9. The van der Waals surface area contributed by atoms with Crippen LogP contribution in [0.25, 0.3) is 0 Å². The molecule has 1 aromatic rings. The van der Waals surface area contributed by atoms with Gasteiger partial charge in [-0.15, -0.1) is 0 Å². The highest BCUT2D eigenvalue weighted by Gasteiger charge is 2.29. The largest absolute Gasteiger partial charge is 0.350 e. The van der Waals surface area contributed by atoms with E-state index in [1.807, 2.05) is 0 Å². The van der Waals surface area contributed by atoms with Crippen molar-refractivity contribution >= 4 is 44.7 Å². The van der Waals surface area contributed by atoms with Gasteiger partial charge in [-0.1, -0.05) is 11.8 Å². The molecule has 1 saturated heterocycles. The van der Waals surface area contributed by atoms with Crippen molar-refractivity contribution < 1.29 is 14.4 Å². The van der Waals surface area contributed by atoms with Gasteiger partial charge in [-0.05, 0) is 28.1 Å². The van der Waals surface area contributed by atoms with E-state index in [2.05, 4.69) is 26.2 Å². The number of rotatable bonds is 4. The van der Waals surface area contributed by atoms with E-state index in [9.17, 15) is 14.4 Å². The molecule has 1 fully saturated rings. The molecule has 0 spiro atoms. The Morgan fingerprint density at radius 1 is 1.53 bits per heavy atom. The van der Waals surface area contributed by atoms with Crippen molar-refractivity contribution in [2.24, 2.45) is 0 Å². The number of halogens is 1. The first kappa shape index (κ1) is 14.0. The minimum absolute atomic E-state index is 0.185. The number of hydrogen-bond acceptors (Lipinski definition) is 5. The molecule has 19 heavy (non-hydrogen) atoms. The molecule has 1 aromatic heterocycles. The summed E-state index contributed by atoms with van der Waals surface area (Å²) in [6.07, 6.45) is 1.52. The van der Waals surface area contributed by atoms with Crippen molar-refractivity contribution in [1.29, 1.82) is 0 Å². The molecule has 0 unspecified atom stereocenters. The van der Waals surface area contributed by atoms with E-state index in [0.717, 1.165) is 16.7 Å². The fraction of sp³-hybridized carbons (Fsp3) is 0.273. The lowest BCUT2D eigenvalue weighted by molar-refractivity contribution is -0.124. The summed E-state index contributed by atoms with van der Waals surface area (Å²) < 4.78 is 0.571. The first-order valence-corrected chi connectivity index (χ1v) is 7.22. The summed E-state index contributed by atoms with van der Waals surface area (Å²) in [4.78, 5) is 39.5. The summed E-state index contributed by atoms with van der Waals surface area (Å²) in [6, 6.07) is 3.18. The van der Waals surface area contributed by atoms with E-state index in [0.29, 0.717) is 10.2 Å². The van der Waals surface area contributed by atoms with Crippen molar-refractivity contribution in [2.75, 3.05) is 18.8 Å². The molecule has 0 aromatic carbocycles.